The summed E-state index contributed by atoms with van der Waals surface area (Å²) in [6.45, 7) is 2.84. The molecule has 6 nitrogen and oxygen atoms in total. The Balaban J connectivity index is 1.74. The number of anilines is 1. The predicted molar refractivity (Wildman–Crippen MR) is 115 cm³/mol. The summed E-state index contributed by atoms with van der Waals surface area (Å²) in [7, 11) is 1.65. The molecule has 0 bridgehead atoms. The minimum Gasteiger partial charge on any atom is -0.497 e. The Labute approximate surface area is 170 Å². The van der Waals surface area contributed by atoms with E-state index in [9.17, 15) is 4.79 Å². The van der Waals surface area contributed by atoms with Crippen molar-refractivity contribution in [3.63, 3.8) is 0 Å². The smallest absolute Gasteiger partial charge is 0.306 e. The summed E-state index contributed by atoms with van der Waals surface area (Å²) in [4.78, 5) is 20.7. The SMILES string of the molecule is CCOC(=O)CC/C=C/c1nc(NCc2ccc(OC)cc2)c2ccccc2n1. The Morgan fingerprint density at radius 2 is 1.90 bits per heavy atom. The monoisotopic (exact) mass is 391 g/mol. The normalized spacial score (nSPS) is 11.0. The molecular weight excluding hydrogens is 366 g/mol. The zero-order valence-corrected chi connectivity index (χ0v) is 16.7. The molecule has 1 aromatic heterocycles. The van der Waals surface area contributed by atoms with E-state index >= 15 is 0 Å². The summed E-state index contributed by atoms with van der Waals surface area (Å²) in [5.41, 5.74) is 1.99. The number of carbonyl (C=O) groups is 1. The van der Waals surface area contributed by atoms with Crippen LogP contribution in [0.15, 0.2) is 54.6 Å². The lowest BCUT2D eigenvalue weighted by Crippen LogP contribution is -2.04. The number of methoxy groups -OCH3 is 1. The van der Waals surface area contributed by atoms with E-state index in [0.29, 0.717) is 31.8 Å². The van der Waals surface area contributed by atoms with Gasteiger partial charge >= 0.3 is 5.97 Å². The molecule has 1 N–H and O–H groups in total. The van der Waals surface area contributed by atoms with Crippen LogP contribution in [0, 0.1) is 0 Å². The topological polar surface area (TPSA) is 73.3 Å². The number of fused-ring (bicyclic) bond motifs is 1. The Hall–Kier alpha value is -3.41. The molecular formula is C23H25N3O3. The Morgan fingerprint density at radius 3 is 2.66 bits per heavy atom. The molecule has 29 heavy (non-hydrogen) atoms. The van der Waals surface area contributed by atoms with Crippen LogP contribution in [-0.4, -0.2) is 29.7 Å². The van der Waals surface area contributed by atoms with Crippen molar-refractivity contribution < 1.29 is 14.3 Å². The number of hydrogen-bond acceptors (Lipinski definition) is 6. The highest BCUT2D eigenvalue weighted by molar-refractivity contribution is 5.89. The molecule has 0 amide bonds. The molecule has 1 heterocycles. The summed E-state index contributed by atoms with van der Waals surface area (Å²) >= 11 is 0. The van der Waals surface area contributed by atoms with E-state index < -0.39 is 0 Å². The van der Waals surface area contributed by atoms with E-state index in [1.54, 1.807) is 14.0 Å². The first-order valence-corrected chi connectivity index (χ1v) is 9.65. The van der Waals surface area contributed by atoms with Crippen molar-refractivity contribution in [2.45, 2.75) is 26.3 Å². The first-order chi connectivity index (χ1) is 14.2. The van der Waals surface area contributed by atoms with E-state index in [2.05, 4.69) is 15.3 Å². The van der Waals surface area contributed by atoms with E-state index in [1.807, 2.05) is 60.7 Å². The van der Waals surface area contributed by atoms with Crippen LogP contribution in [0.2, 0.25) is 0 Å². The van der Waals surface area contributed by atoms with Gasteiger partial charge in [-0.3, -0.25) is 4.79 Å². The first-order valence-electron chi connectivity index (χ1n) is 9.65. The summed E-state index contributed by atoms with van der Waals surface area (Å²) in [5, 5.41) is 4.37. The van der Waals surface area contributed by atoms with Crippen LogP contribution in [0.25, 0.3) is 17.0 Å². The number of benzene rings is 2. The number of aromatic nitrogens is 2. The van der Waals surface area contributed by atoms with Crippen molar-refractivity contribution in [3.8, 4) is 5.75 Å². The van der Waals surface area contributed by atoms with E-state index in [-0.39, 0.29) is 5.97 Å². The molecule has 0 radical (unpaired) electrons. The quantitative estimate of drug-likeness (QED) is 0.537. The molecule has 0 unspecified atom stereocenters. The van der Waals surface area contributed by atoms with E-state index in [1.165, 1.54) is 0 Å². The number of esters is 1. The molecule has 0 aliphatic rings. The second-order valence-electron chi connectivity index (χ2n) is 6.40. The molecule has 6 heteroatoms. The zero-order valence-electron chi connectivity index (χ0n) is 16.7. The number of allylic oxidation sites excluding steroid dienone is 1. The summed E-state index contributed by atoms with van der Waals surface area (Å²) in [6.07, 6.45) is 4.67. The van der Waals surface area contributed by atoms with Gasteiger partial charge in [0.05, 0.1) is 19.2 Å². The molecule has 0 aliphatic heterocycles. The van der Waals surface area contributed by atoms with Crippen molar-refractivity contribution >= 4 is 28.8 Å². The summed E-state index contributed by atoms with van der Waals surface area (Å²) < 4.78 is 10.1. The van der Waals surface area contributed by atoms with Crippen LogP contribution in [0.3, 0.4) is 0 Å². The van der Waals surface area contributed by atoms with Gasteiger partial charge in [-0.25, -0.2) is 9.97 Å². The van der Waals surface area contributed by atoms with Crippen LogP contribution in [0.1, 0.15) is 31.2 Å². The van der Waals surface area contributed by atoms with Gasteiger partial charge in [-0.2, -0.15) is 0 Å². The van der Waals surface area contributed by atoms with E-state index in [0.717, 1.165) is 28.0 Å². The average molecular weight is 391 g/mol. The number of hydrogen-bond donors (Lipinski definition) is 1. The summed E-state index contributed by atoms with van der Waals surface area (Å²) in [5.74, 6) is 2.01. The van der Waals surface area contributed by atoms with Gasteiger partial charge in [-0.1, -0.05) is 30.3 Å². The fourth-order valence-corrected chi connectivity index (χ4v) is 2.86. The highest BCUT2D eigenvalue weighted by Gasteiger charge is 2.06. The Bertz CT molecular complexity index is 984. The van der Waals surface area contributed by atoms with Gasteiger partial charge in [0, 0.05) is 18.4 Å². The fourth-order valence-electron chi connectivity index (χ4n) is 2.86. The molecule has 0 fully saturated rings. The molecule has 3 aromatic rings. The molecule has 150 valence electrons. The van der Waals surface area contributed by atoms with Crippen LogP contribution >= 0.6 is 0 Å². The number of rotatable bonds is 9. The van der Waals surface area contributed by atoms with Crippen molar-refractivity contribution in [1.82, 2.24) is 9.97 Å². The van der Waals surface area contributed by atoms with Gasteiger partial charge in [0.1, 0.15) is 11.6 Å². The van der Waals surface area contributed by atoms with Crippen LogP contribution in [-0.2, 0) is 16.1 Å². The van der Waals surface area contributed by atoms with Crippen molar-refractivity contribution in [3.05, 3.63) is 66.0 Å². The Kier molecular flexibility index (Phi) is 7.16. The lowest BCUT2D eigenvalue weighted by atomic mass is 10.2. The standard InChI is InChI=1S/C23H25N3O3/c1-3-29-22(27)11-7-6-10-21-25-20-9-5-4-8-19(20)23(26-21)24-16-17-12-14-18(28-2)15-13-17/h4-6,8-10,12-15H,3,7,11,16H2,1-2H3,(H,24,25,26)/b10-6+. The second-order valence-corrected chi connectivity index (χ2v) is 6.40. The number of nitrogens with one attached hydrogen (secondary N) is 1. The lowest BCUT2D eigenvalue weighted by molar-refractivity contribution is -0.142. The van der Waals surface area contributed by atoms with Gasteiger partial charge < -0.3 is 14.8 Å². The van der Waals surface area contributed by atoms with Crippen LogP contribution in [0.5, 0.6) is 5.75 Å². The van der Waals surface area contributed by atoms with Crippen molar-refractivity contribution in [2.24, 2.45) is 0 Å². The van der Waals surface area contributed by atoms with Crippen molar-refractivity contribution in [2.75, 3.05) is 19.0 Å². The van der Waals surface area contributed by atoms with Crippen LogP contribution in [0.4, 0.5) is 5.82 Å². The maximum absolute atomic E-state index is 11.4. The average Bonchev–Trinajstić information content (AvgIpc) is 2.75. The van der Waals surface area contributed by atoms with Gasteiger partial charge in [-0.15, -0.1) is 0 Å². The van der Waals surface area contributed by atoms with Gasteiger partial charge in [0.15, 0.2) is 5.82 Å². The molecule has 0 spiro atoms. The van der Waals surface area contributed by atoms with Gasteiger partial charge in [0.25, 0.3) is 0 Å². The molecule has 0 aliphatic carbocycles. The number of ether oxygens (including phenoxy) is 2. The first kappa shape index (κ1) is 20.3. The summed E-state index contributed by atoms with van der Waals surface area (Å²) in [6, 6.07) is 15.8. The third-order valence-electron chi connectivity index (χ3n) is 4.33. The Morgan fingerprint density at radius 1 is 1.10 bits per heavy atom. The second kappa shape index (κ2) is 10.2. The predicted octanol–water partition coefficient (Wildman–Crippen LogP) is 4.61. The van der Waals surface area contributed by atoms with Gasteiger partial charge in [0.2, 0.25) is 0 Å². The number of carbonyl (C=O) groups excluding carboxylic acids is 1. The van der Waals surface area contributed by atoms with Gasteiger partial charge in [-0.05, 0) is 49.2 Å². The fraction of sp³-hybridized carbons (Fsp3) is 0.261. The largest absolute Gasteiger partial charge is 0.497 e. The highest BCUT2D eigenvalue weighted by atomic mass is 16.5. The van der Waals surface area contributed by atoms with Crippen LogP contribution < -0.4 is 10.1 Å². The molecule has 2 aromatic carbocycles. The third kappa shape index (κ3) is 5.78. The highest BCUT2D eigenvalue weighted by Crippen LogP contribution is 2.22. The third-order valence-corrected chi connectivity index (χ3v) is 4.33. The maximum atomic E-state index is 11.4. The molecule has 3 rings (SSSR count). The lowest BCUT2D eigenvalue weighted by Gasteiger charge is -2.10. The van der Waals surface area contributed by atoms with E-state index in [4.69, 9.17) is 9.47 Å². The molecule has 0 saturated carbocycles. The number of para-hydroxylation sites is 1. The number of nitrogens with zero attached hydrogens (tertiary/aromatic N) is 2. The maximum Gasteiger partial charge on any atom is 0.306 e. The minimum absolute atomic E-state index is 0.196. The minimum atomic E-state index is -0.196. The molecule has 0 atom stereocenters. The van der Waals surface area contributed by atoms with Crippen molar-refractivity contribution in [1.29, 1.82) is 0 Å². The zero-order chi connectivity index (χ0) is 20.5. The molecule has 0 saturated heterocycles.